The van der Waals surface area contributed by atoms with E-state index in [1.165, 1.54) is 15.7 Å². The first-order chi connectivity index (χ1) is 12.9. The van der Waals surface area contributed by atoms with Crippen LogP contribution in [0.25, 0.3) is 10.9 Å². The van der Waals surface area contributed by atoms with Crippen molar-refractivity contribution >= 4 is 22.7 Å². The fourth-order valence-electron chi connectivity index (χ4n) is 3.80. The van der Waals surface area contributed by atoms with E-state index in [0.29, 0.717) is 19.4 Å². The number of halogens is 2. The van der Waals surface area contributed by atoms with Gasteiger partial charge in [0.1, 0.15) is 11.5 Å². The van der Waals surface area contributed by atoms with Gasteiger partial charge in [0.05, 0.1) is 29.7 Å². The smallest absolute Gasteiger partial charge is 0.449 e. The van der Waals surface area contributed by atoms with E-state index >= 15 is 4.39 Å². The van der Waals surface area contributed by atoms with Crippen LogP contribution in [0.1, 0.15) is 31.7 Å². The maximum absolute atomic E-state index is 15.4. The Kier molecular flexibility index (Phi) is 4.26. The summed E-state index contributed by atoms with van der Waals surface area (Å²) in [5.41, 5.74) is -1.21. The van der Waals surface area contributed by atoms with Crippen molar-refractivity contribution in [2.75, 3.05) is 18.1 Å². The molecule has 1 atom stereocenters. The Balaban J connectivity index is 1.98. The van der Waals surface area contributed by atoms with Crippen LogP contribution in [0.3, 0.4) is 0 Å². The minimum Gasteiger partial charge on any atom is -0.449 e. The molecule has 2 aromatic rings. The highest BCUT2D eigenvalue weighted by atomic mass is 19.1. The van der Waals surface area contributed by atoms with Gasteiger partial charge in [0.15, 0.2) is 11.6 Å². The minimum absolute atomic E-state index is 0.0692. The van der Waals surface area contributed by atoms with E-state index in [2.05, 4.69) is 4.74 Å². The Morgan fingerprint density at radius 3 is 2.67 bits per heavy atom. The molecule has 1 aromatic carbocycles. The molecule has 0 spiro atoms. The minimum atomic E-state index is -1.67. The second-order valence-electron chi connectivity index (χ2n) is 6.92. The van der Waals surface area contributed by atoms with Gasteiger partial charge >= 0.3 is 6.16 Å². The van der Waals surface area contributed by atoms with E-state index in [1.807, 2.05) is 0 Å². The second kappa shape index (κ2) is 6.49. The third-order valence-electron chi connectivity index (χ3n) is 5.16. The Morgan fingerprint density at radius 1 is 1.30 bits per heavy atom. The Morgan fingerprint density at radius 2 is 2.04 bits per heavy atom. The van der Waals surface area contributed by atoms with Crippen molar-refractivity contribution < 1.29 is 28.5 Å². The number of pyridine rings is 1. The van der Waals surface area contributed by atoms with Crippen LogP contribution in [0.4, 0.5) is 19.3 Å². The van der Waals surface area contributed by atoms with Gasteiger partial charge < -0.3 is 24.4 Å². The van der Waals surface area contributed by atoms with E-state index < -0.39 is 29.0 Å². The zero-order chi connectivity index (χ0) is 19.3. The maximum Gasteiger partial charge on any atom is 0.511 e. The van der Waals surface area contributed by atoms with Crippen molar-refractivity contribution in [3.05, 3.63) is 34.1 Å². The Labute approximate surface area is 152 Å². The fraction of sp³-hybridized carbons (Fsp3) is 0.444. The van der Waals surface area contributed by atoms with Crippen LogP contribution >= 0.6 is 0 Å². The summed E-state index contributed by atoms with van der Waals surface area (Å²) in [7, 11) is 0. The first-order valence-electron chi connectivity index (χ1n) is 8.77. The van der Waals surface area contributed by atoms with Crippen molar-refractivity contribution in [1.82, 2.24) is 4.57 Å². The van der Waals surface area contributed by atoms with Crippen molar-refractivity contribution in [2.24, 2.45) is 0 Å². The van der Waals surface area contributed by atoms with E-state index in [4.69, 9.17) is 5.11 Å². The summed E-state index contributed by atoms with van der Waals surface area (Å²) in [5.74, 6) is -2.29. The highest BCUT2D eigenvalue weighted by Crippen LogP contribution is 2.41. The van der Waals surface area contributed by atoms with Gasteiger partial charge in [-0.2, -0.15) is 0 Å². The Hall–Kier alpha value is -2.68. The summed E-state index contributed by atoms with van der Waals surface area (Å²) >= 11 is 0. The van der Waals surface area contributed by atoms with Crippen LogP contribution in [-0.2, 0) is 0 Å². The molecule has 0 radical (unpaired) electrons. The van der Waals surface area contributed by atoms with Crippen LogP contribution in [0.2, 0.25) is 0 Å². The molecular formula is C18H18F2N2O5. The number of ether oxygens (including phenoxy) is 1. The van der Waals surface area contributed by atoms with E-state index in [-0.39, 0.29) is 35.3 Å². The number of aliphatic hydroxyl groups is 1. The molecule has 7 nitrogen and oxygen atoms in total. The third-order valence-corrected chi connectivity index (χ3v) is 5.16. The van der Waals surface area contributed by atoms with E-state index in [1.54, 1.807) is 0 Å². The highest BCUT2D eigenvalue weighted by molar-refractivity contribution is 5.86. The summed E-state index contributed by atoms with van der Waals surface area (Å²) in [5, 5.41) is 18.0. The number of nitrogens with zero attached hydrogens (tertiary/aromatic N) is 2. The molecule has 1 aliphatic carbocycles. The summed E-state index contributed by atoms with van der Waals surface area (Å²) < 4.78 is 36.2. The van der Waals surface area contributed by atoms with Crippen LogP contribution < -0.4 is 15.1 Å². The number of hydrogen-bond acceptors (Lipinski definition) is 5. The molecule has 0 unspecified atom stereocenters. The fourth-order valence-corrected chi connectivity index (χ4v) is 3.80. The molecule has 2 aliphatic rings. The molecule has 1 saturated heterocycles. The first-order valence-corrected chi connectivity index (χ1v) is 8.77. The molecule has 0 amide bonds. The molecule has 2 fully saturated rings. The molecule has 4 rings (SSSR count). The molecule has 1 aliphatic heterocycles. The zero-order valence-electron chi connectivity index (χ0n) is 14.3. The topological polar surface area (TPSA) is 92.0 Å². The van der Waals surface area contributed by atoms with E-state index in [9.17, 15) is 19.1 Å². The molecule has 144 valence electrons. The van der Waals surface area contributed by atoms with Crippen molar-refractivity contribution in [3.8, 4) is 5.75 Å². The molecule has 0 bridgehead atoms. The number of aromatic nitrogens is 1. The van der Waals surface area contributed by atoms with Gasteiger partial charge in [-0.1, -0.05) is 0 Å². The number of hydrogen-bond donors (Lipinski definition) is 2. The van der Waals surface area contributed by atoms with Crippen LogP contribution in [-0.4, -0.2) is 40.1 Å². The summed E-state index contributed by atoms with van der Waals surface area (Å²) in [4.78, 5) is 24.9. The molecule has 9 heteroatoms. The quantitative estimate of drug-likeness (QED) is 0.793. The number of carboxylic acid groups (broad SMARTS) is 1. The maximum atomic E-state index is 15.4. The SMILES string of the molecule is O=C(O)Oc1cn(C2CC2)c2c(F)c(N3CCC[C@H]3CO)c(F)cc2c1=O. The number of carbonyl (C=O) groups is 1. The second-order valence-corrected chi connectivity index (χ2v) is 6.92. The third kappa shape index (κ3) is 2.91. The lowest BCUT2D eigenvalue weighted by atomic mass is 10.1. The number of rotatable bonds is 4. The van der Waals surface area contributed by atoms with Crippen LogP contribution in [0.15, 0.2) is 17.1 Å². The largest absolute Gasteiger partial charge is 0.511 e. The average Bonchev–Trinajstić information content (AvgIpc) is 3.35. The number of anilines is 1. The molecule has 1 saturated carbocycles. The predicted octanol–water partition coefficient (Wildman–Crippen LogP) is 2.63. The number of fused-ring (bicyclic) bond motifs is 1. The summed E-state index contributed by atoms with van der Waals surface area (Å²) in [6.45, 7) is 0.177. The lowest BCUT2D eigenvalue weighted by molar-refractivity contribution is 0.143. The van der Waals surface area contributed by atoms with Crippen LogP contribution in [0.5, 0.6) is 5.75 Å². The van der Waals surface area contributed by atoms with Gasteiger partial charge in [0, 0.05) is 12.6 Å². The summed E-state index contributed by atoms with van der Waals surface area (Å²) in [6.07, 6.45) is 2.29. The highest BCUT2D eigenvalue weighted by Gasteiger charge is 2.33. The molecular weight excluding hydrogens is 362 g/mol. The van der Waals surface area contributed by atoms with Crippen molar-refractivity contribution in [2.45, 2.75) is 37.8 Å². The van der Waals surface area contributed by atoms with Gasteiger partial charge in [0.2, 0.25) is 5.43 Å². The monoisotopic (exact) mass is 380 g/mol. The number of aliphatic hydroxyl groups excluding tert-OH is 1. The first kappa shape index (κ1) is 17.7. The van der Waals surface area contributed by atoms with Gasteiger partial charge in [-0.05, 0) is 31.7 Å². The van der Waals surface area contributed by atoms with E-state index in [0.717, 1.165) is 18.9 Å². The van der Waals surface area contributed by atoms with Gasteiger partial charge in [0.25, 0.3) is 0 Å². The predicted molar refractivity (Wildman–Crippen MR) is 92.5 cm³/mol. The van der Waals surface area contributed by atoms with Crippen molar-refractivity contribution in [3.63, 3.8) is 0 Å². The van der Waals surface area contributed by atoms with Crippen molar-refractivity contribution in [1.29, 1.82) is 0 Å². The lowest BCUT2D eigenvalue weighted by Crippen LogP contribution is -2.33. The molecule has 27 heavy (non-hydrogen) atoms. The molecule has 2 N–H and O–H groups in total. The lowest BCUT2D eigenvalue weighted by Gasteiger charge is -2.27. The van der Waals surface area contributed by atoms with Crippen LogP contribution in [0, 0.1) is 11.6 Å². The average molecular weight is 380 g/mol. The zero-order valence-corrected chi connectivity index (χ0v) is 14.3. The van der Waals surface area contributed by atoms with Gasteiger partial charge in [-0.25, -0.2) is 13.6 Å². The normalized spacial score (nSPS) is 19.7. The number of benzene rings is 1. The Bertz CT molecular complexity index is 986. The van der Waals surface area contributed by atoms with Gasteiger partial charge in [-0.15, -0.1) is 0 Å². The van der Waals surface area contributed by atoms with Gasteiger partial charge in [-0.3, -0.25) is 4.79 Å². The molecule has 2 heterocycles. The summed E-state index contributed by atoms with van der Waals surface area (Å²) in [6, 6.07) is 0.433. The molecule has 1 aromatic heterocycles. The standard InChI is InChI=1S/C18H18F2N2O5/c19-12-6-11-15(14(20)16(12)21-5-1-2-10(21)8-23)22(9-3-4-9)7-13(17(11)24)27-18(25)26/h6-7,9-10,23H,1-5,8H2,(H,25,26)/t10-/m0/s1.